The van der Waals surface area contributed by atoms with Gasteiger partial charge in [-0.3, -0.25) is 4.79 Å². The maximum Gasteiger partial charge on any atom is 0.268 e. The number of amides is 1. The molecule has 0 bridgehead atoms. The summed E-state index contributed by atoms with van der Waals surface area (Å²) >= 11 is 3.40. The minimum absolute atomic E-state index is 0. The van der Waals surface area contributed by atoms with Crippen LogP contribution in [0.1, 0.15) is 37.3 Å². The molecule has 1 aromatic heterocycles. The highest BCUT2D eigenvalue weighted by molar-refractivity contribution is 9.10. The summed E-state index contributed by atoms with van der Waals surface area (Å²) in [6, 6.07) is 2.38. The molecular weight excluding hydrogens is 318 g/mol. The number of carbonyl (C=O) groups is 1. The van der Waals surface area contributed by atoms with Gasteiger partial charge in [0.05, 0.1) is 0 Å². The van der Waals surface area contributed by atoms with E-state index in [1.54, 1.807) is 0 Å². The molecule has 0 fully saturated rings. The summed E-state index contributed by atoms with van der Waals surface area (Å²) in [4.78, 5) is 12.0. The molecule has 1 amide bonds. The zero-order chi connectivity index (χ0) is 13.0. The molecule has 1 unspecified atom stereocenters. The lowest BCUT2D eigenvalue weighted by Crippen LogP contribution is -2.37. The van der Waals surface area contributed by atoms with Crippen LogP contribution in [0.25, 0.3) is 0 Å². The number of nitrogens with zero attached hydrogens (tertiary/aromatic N) is 1. The predicted molar refractivity (Wildman–Crippen MR) is 80.6 cm³/mol. The van der Waals surface area contributed by atoms with Gasteiger partial charge in [0, 0.05) is 29.3 Å². The Hall–Kier alpha value is -0.520. The van der Waals surface area contributed by atoms with Crippen LogP contribution >= 0.6 is 28.3 Å². The van der Waals surface area contributed by atoms with E-state index < -0.39 is 0 Å². The van der Waals surface area contributed by atoms with Gasteiger partial charge < -0.3 is 15.2 Å². The van der Waals surface area contributed by atoms with Gasteiger partial charge in [-0.25, -0.2) is 0 Å². The van der Waals surface area contributed by atoms with E-state index in [1.807, 2.05) is 30.8 Å². The molecule has 1 aromatic rings. The number of carbonyl (C=O) groups excluding carboxylic acids is 1. The fourth-order valence-corrected chi connectivity index (χ4v) is 1.93. The van der Waals surface area contributed by atoms with Gasteiger partial charge in [0.1, 0.15) is 5.69 Å². The van der Waals surface area contributed by atoms with E-state index in [0.29, 0.717) is 12.2 Å². The zero-order valence-corrected chi connectivity index (χ0v) is 13.6. The highest BCUT2D eigenvalue weighted by Gasteiger charge is 2.14. The standard InChI is InChI=1S/C12H20BrN3O.ClH/c1-8(2)16-7-10(13)5-11(16)12(17)15-6-9(3)14-4;/h5,7-9,14H,6H2,1-4H3,(H,15,17);1H. The highest BCUT2D eigenvalue weighted by Crippen LogP contribution is 2.19. The lowest BCUT2D eigenvalue weighted by molar-refractivity contribution is 0.0940. The van der Waals surface area contributed by atoms with Crippen LogP contribution < -0.4 is 10.6 Å². The smallest absolute Gasteiger partial charge is 0.268 e. The summed E-state index contributed by atoms with van der Waals surface area (Å²) in [5, 5.41) is 6.00. The summed E-state index contributed by atoms with van der Waals surface area (Å²) in [6.07, 6.45) is 1.93. The molecule has 0 aliphatic heterocycles. The van der Waals surface area contributed by atoms with Crippen molar-refractivity contribution in [3.63, 3.8) is 0 Å². The molecule has 2 N–H and O–H groups in total. The van der Waals surface area contributed by atoms with Crippen LogP contribution in [-0.4, -0.2) is 30.1 Å². The van der Waals surface area contributed by atoms with Crippen LogP contribution in [0.2, 0.25) is 0 Å². The second kappa shape index (κ2) is 7.81. The fourth-order valence-electron chi connectivity index (χ4n) is 1.49. The van der Waals surface area contributed by atoms with Crippen molar-refractivity contribution < 1.29 is 4.79 Å². The van der Waals surface area contributed by atoms with Crippen molar-refractivity contribution in [2.75, 3.05) is 13.6 Å². The van der Waals surface area contributed by atoms with E-state index >= 15 is 0 Å². The predicted octanol–water partition coefficient (Wildman–Crippen LogP) is 2.59. The molecule has 0 aromatic carbocycles. The summed E-state index contributed by atoms with van der Waals surface area (Å²) < 4.78 is 2.89. The summed E-state index contributed by atoms with van der Waals surface area (Å²) in [5.74, 6) is -0.0356. The number of halogens is 2. The largest absolute Gasteiger partial charge is 0.349 e. The Bertz CT molecular complexity index is 393. The van der Waals surface area contributed by atoms with E-state index in [-0.39, 0.29) is 30.4 Å². The first-order valence-corrected chi connectivity index (χ1v) is 6.57. The molecule has 0 aliphatic rings. The molecule has 0 radical (unpaired) electrons. The molecule has 104 valence electrons. The van der Waals surface area contributed by atoms with Crippen molar-refractivity contribution in [2.24, 2.45) is 0 Å². The molecule has 18 heavy (non-hydrogen) atoms. The third-order valence-electron chi connectivity index (χ3n) is 2.67. The number of rotatable bonds is 5. The van der Waals surface area contributed by atoms with Crippen molar-refractivity contribution in [3.8, 4) is 0 Å². The first-order valence-electron chi connectivity index (χ1n) is 5.78. The van der Waals surface area contributed by atoms with E-state index in [1.165, 1.54) is 0 Å². The van der Waals surface area contributed by atoms with Crippen LogP contribution in [0.3, 0.4) is 0 Å². The van der Waals surface area contributed by atoms with Gasteiger partial charge in [-0.15, -0.1) is 12.4 Å². The molecule has 0 saturated heterocycles. The lowest BCUT2D eigenvalue weighted by atomic mass is 10.3. The number of aromatic nitrogens is 1. The van der Waals surface area contributed by atoms with Gasteiger partial charge >= 0.3 is 0 Å². The third-order valence-corrected chi connectivity index (χ3v) is 3.10. The summed E-state index contributed by atoms with van der Waals surface area (Å²) in [5.41, 5.74) is 0.690. The number of hydrogen-bond donors (Lipinski definition) is 2. The number of hydrogen-bond acceptors (Lipinski definition) is 2. The minimum atomic E-state index is -0.0356. The van der Waals surface area contributed by atoms with Gasteiger partial charge in [-0.1, -0.05) is 0 Å². The molecule has 0 aliphatic carbocycles. The van der Waals surface area contributed by atoms with E-state index in [0.717, 1.165) is 4.47 Å². The van der Waals surface area contributed by atoms with Crippen molar-refractivity contribution in [1.29, 1.82) is 0 Å². The zero-order valence-electron chi connectivity index (χ0n) is 11.2. The van der Waals surface area contributed by atoms with E-state index in [4.69, 9.17) is 0 Å². The summed E-state index contributed by atoms with van der Waals surface area (Å²) in [7, 11) is 1.88. The second-order valence-electron chi connectivity index (χ2n) is 4.44. The first-order chi connectivity index (χ1) is 7.95. The Labute approximate surface area is 123 Å². The second-order valence-corrected chi connectivity index (χ2v) is 5.36. The quantitative estimate of drug-likeness (QED) is 0.867. The molecule has 4 nitrogen and oxygen atoms in total. The Kier molecular flexibility index (Phi) is 7.59. The summed E-state index contributed by atoms with van der Waals surface area (Å²) in [6.45, 7) is 6.76. The average molecular weight is 339 g/mol. The van der Waals surface area contributed by atoms with Gasteiger partial charge in [-0.05, 0) is 49.8 Å². The molecule has 0 saturated carbocycles. The normalized spacial score (nSPS) is 12.1. The van der Waals surface area contributed by atoms with Gasteiger partial charge in [0.15, 0.2) is 0 Å². The maximum atomic E-state index is 12.0. The van der Waals surface area contributed by atoms with E-state index in [2.05, 4.69) is 40.4 Å². The van der Waals surface area contributed by atoms with Crippen molar-refractivity contribution in [3.05, 3.63) is 22.4 Å². The first kappa shape index (κ1) is 17.5. The maximum absolute atomic E-state index is 12.0. The molecule has 1 heterocycles. The Morgan fingerprint density at radius 3 is 2.56 bits per heavy atom. The third kappa shape index (κ3) is 4.63. The monoisotopic (exact) mass is 337 g/mol. The van der Waals surface area contributed by atoms with Crippen molar-refractivity contribution in [2.45, 2.75) is 32.9 Å². The number of likely N-dealkylation sites (N-methyl/N-ethyl adjacent to an activating group) is 1. The minimum Gasteiger partial charge on any atom is -0.349 e. The SMILES string of the molecule is CNC(C)CNC(=O)c1cc(Br)cn1C(C)C.Cl. The molecule has 1 atom stereocenters. The lowest BCUT2D eigenvalue weighted by Gasteiger charge is -2.14. The average Bonchev–Trinajstić information content (AvgIpc) is 2.67. The Morgan fingerprint density at radius 1 is 1.44 bits per heavy atom. The molecule has 1 rings (SSSR count). The molecule has 0 spiro atoms. The van der Waals surface area contributed by atoms with Crippen LogP contribution in [0.5, 0.6) is 0 Å². The fraction of sp³-hybridized carbons (Fsp3) is 0.583. The van der Waals surface area contributed by atoms with Crippen LogP contribution in [0, 0.1) is 0 Å². The van der Waals surface area contributed by atoms with Gasteiger partial charge in [0.2, 0.25) is 0 Å². The van der Waals surface area contributed by atoms with Crippen LogP contribution in [0.4, 0.5) is 0 Å². The Balaban J connectivity index is 0.00000289. The van der Waals surface area contributed by atoms with E-state index in [9.17, 15) is 4.79 Å². The van der Waals surface area contributed by atoms with Gasteiger partial charge in [-0.2, -0.15) is 0 Å². The Morgan fingerprint density at radius 2 is 2.06 bits per heavy atom. The van der Waals surface area contributed by atoms with Gasteiger partial charge in [0.25, 0.3) is 5.91 Å². The molecule has 6 heteroatoms. The van der Waals surface area contributed by atoms with Crippen molar-refractivity contribution in [1.82, 2.24) is 15.2 Å². The van der Waals surface area contributed by atoms with Crippen LogP contribution in [0.15, 0.2) is 16.7 Å². The topological polar surface area (TPSA) is 46.1 Å². The highest BCUT2D eigenvalue weighted by atomic mass is 79.9. The number of nitrogens with one attached hydrogen (secondary N) is 2. The van der Waals surface area contributed by atoms with Crippen LogP contribution in [-0.2, 0) is 0 Å². The molecular formula is C12H21BrClN3O. The van der Waals surface area contributed by atoms with Crippen molar-refractivity contribution >= 4 is 34.2 Å².